The molecule has 0 spiro atoms. The van der Waals surface area contributed by atoms with Crippen LogP contribution in [0.4, 0.5) is 34.1 Å². The third kappa shape index (κ3) is 10.2. The van der Waals surface area contributed by atoms with E-state index < -0.39 is 0 Å². The van der Waals surface area contributed by atoms with Crippen molar-refractivity contribution in [3.63, 3.8) is 0 Å². The summed E-state index contributed by atoms with van der Waals surface area (Å²) in [7, 11) is 0. The summed E-state index contributed by atoms with van der Waals surface area (Å²) >= 11 is 0. The molecule has 0 bridgehead atoms. The van der Waals surface area contributed by atoms with E-state index in [1.807, 2.05) is 0 Å². The van der Waals surface area contributed by atoms with Crippen LogP contribution in [0.25, 0.3) is 110 Å². The highest BCUT2D eigenvalue weighted by molar-refractivity contribution is 7.00. The van der Waals surface area contributed by atoms with Crippen molar-refractivity contribution in [2.75, 3.05) is 9.80 Å². The van der Waals surface area contributed by atoms with E-state index in [1.54, 1.807) is 0 Å². The van der Waals surface area contributed by atoms with Crippen LogP contribution in [0.1, 0.15) is 79.0 Å². The van der Waals surface area contributed by atoms with Crippen LogP contribution < -0.4 is 26.2 Å². The Labute approximate surface area is 572 Å². The molecule has 0 saturated heterocycles. The van der Waals surface area contributed by atoms with Crippen LogP contribution in [-0.2, 0) is 16.2 Å². The van der Waals surface area contributed by atoms with Gasteiger partial charge in [0.1, 0.15) is 0 Å². The fraction of sp³-hybridized carbons (Fsp3) is 0.128. The molecule has 0 unspecified atom stereocenters. The molecule has 17 rings (SSSR count). The third-order valence-corrected chi connectivity index (χ3v) is 20.8. The number of anilines is 6. The second-order valence-electron chi connectivity index (χ2n) is 30.0. The van der Waals surface area contributed by atoms with Crippen LogP contribution in [0.2, 0.25) is 0 Å². The summed E-state index contributed by atoms with van der Waals surface area (Å²) in [6.07, 6.45) is 0. The van der Waals surface area contributed by atoms with Crippen molar-refractivity contribution in [3.05, 3.63) is 320 Å². The monoisotopic (exact) mass is 1240 g/mol. The summed E-state index contributed by atoms with van der Waals surface area (Å²) < 4.78 is 0. The zero-order valence-electron chi connectivity index (χ0n) is 56.8. The van der Waals surface area contributed by atoms with Crippen molar-refractivity contribution in [3.8, 4) is 77.9 Å². The number of hydrogen-bond acceptors (Lipinski definition) is 2. The van der Waals surface area contributed by atoms with Crippen molar-refractivity contribution < 1.29 is 0 Å². The third-order valence-electron chi connectivity index (χ3n) is 20.8. The van der Waals surface area contributed by atoms with Gasteiger partial charge >= 0.3 is 0 Å². The van der Waals surface area contributed by atoms with E-state index in [0.29, 0.717) is 0 Å². The van der Waals surface area contributed by atoms with Gasteiger partial charge in [0.15, 0.2) is 0 Å². The van der Waals surface area contributed by atoms with Crippen molar-refractivity contribution >= 4 is 89.5 Å². The lowest BCUT2D eigenvalue weighted by molar-refractivity contribution is 0.590. The molecule has 0 amide bonds. The zero-order chi connectivity index (χ0) is 66.1. The van der Waals surface area contributed by atoms with Gasteiger partial charge in [0.2, 0.25) is 0 Å². The van der Waals surface area contributed by atoms with Crippen LogP contribution in [-0.4, -0.2) is 6.71 Å². The average molecular weight is 1250 g/mol. The van der Waals surface area contributed by atoms with Crippen LogP contribution in [0.5, 0.6) is 0 Å². The molecular formula is C94H77BN2. The minimum atomic E-state index is -0.244. The smallest absolute Gasteiger partial charge is 0.252 e. The lowest BCUT2D eigenvalue weighted by Crippen LogP contribution is -2.61. The zero-order valence-corrected chi connectivity index (χ0v) is 56.8. The molecule has 2 heterocycles. The molecule has 466 valence electrons. The van der Waals surface area contributed by atoms with Gasteiger partial charge in [0, 0.05) is 45.0 Å². The summed E-state index contributed by atoms with van der Waals surface area (Å²) in [5.41, 5.74) is 30.5. The maximum Gasteiger partial charge on any atom is 0.252 e. The quantitative estimate of drug-likeness (QED) is 0.105. The number of hydrogen-bond donors (Lipinski definition) is 0. The number of fused-ring (bicyclic) bond motifs is 4. The van der Waals surface area contributed by atoms with Crippen LogP contribution >= 0.6 is 0 Å². The molecule has 0 aromatic heterocycles. The first-order valence-corrected chi connectivity index (χ1v) is 34.5. The molecule has 0 fully saturated rings. The molecule has 0 aliphatic carbocycles. The van der Waals surface area contributed by atoms with Crippen molar-refractivity contribution in [1.82, 2.24) is 0 Å². The molecule has 2 aliphatic rings. The van der Waals surface area contributed by atoms with E-state index in [2.05, 4.69) is 375 Å². The van der Waals surface area contributed by atoms with Gasteiger partial charge in [0.05, 0.1) is 11.4 Å². The van der Waals surface area contributed by atoms with E-state index in [1.165, 1.54) is 110 Å². The Morgan fingerprint density at radius 1 is 0.237 bits per heavy atom. The maximum atomic E-state index is 2.71. The largest absolute Gasteiger partial charge is 0.310 e. The number of benzene rings is 15. The Bertz CT molecular complexity index is 5390. The fourth-order valence-electron chi connectivity index (χ4n) is 15.7. The Balaban J connectivity index is 1.07. The molecule has 2 aliphatic heterocycles. The first kappa shape index (κ1) is 59.7. The van der Waals surface area contributed by atoms with Gasteiger partial charge in [-0.15, -0.1) is 0 Å². The summed E-state index contributed by atoms with van der Waals surface area (Å²) in [6.45, 7) is 20.8. The van der Waals surface area contributed by atoms with Gasteiger partial charge in [-0.25, -0.2) is 0 Å². The van der Waals surface area contributed by atoms with Gasteiger partial charge in [-0.2, -0.15) is 0 Å². The predicted octanol–water partition coefficient (Wildman–Crippen LogP) is 24.2. The van der Waals surface area contributed by atoms with Gasteiger partial charge < -0.3 is 9.80 Å². The second-order valence-corrected chi connectivity index (χ2v) is 30.0. The van der Waals surface area contributed by atoms with Crippen LogP contribution in [0.15, 0.2) is 303 Å². The van der Waals surface area contributed by atoms with E-state index in [4.69, 9.17) is 0 Å². The van der Waals surface area contributed by atoms with E-state index in [0.717, 1.165) is 67.5 Å². The Morgan fingerprint density at radius 2 is 0.598 bits per heavy atom. The molecule has 0 atom stereocenters. The highest BCUT2D eigenvalue weighted by atomic mass is 15.2. The van der Waals surface area contributed by atoms with Gasteiger partial charge in [-0.3, -0.25) is 0 Å². The van der Waals surface area contributed by atoms with E-state index >= 15 is 0 Å². The summed E-state index contributed by atoms with van der Waals surface area (Å²) in [6, 6.07) is 116. The average Bonchev–Trinajstić information content (AvgIpc) is 0.688. The first-order valence-electron chi connectivity index (χ1n) is 34.5. The molecule has 15 aromatic carbocycles. The molecular weight excluding hydrogens is 1170 g/mol. The van der Waals surface area contributed by atoms with Gasteiger partial charge in [-0.1, -0.05) is 317 Å². The lowest BCUT2D eigenvalue weighted by Gasteiger charge is -2.46. The van der Waals surface area contributed by atoms with Gasteiger partial charge in [0.25, 0.3) is 6.71 Å². The van der Waals surface area contributed by atoms with Crippen molar-refractivity contribution in [2.24, 2.45) is 0 Å². The molecule has 0 saturated carbocycles. The molecule has 15 aromatic rings. The molecule has 0 N–H and O–H groups in total. The van der Waals surface area contributed by atoms with Crippen LogP contribution in [0, 0.1) is 0 Å². The predicted molar refractivity (Wildman–Crippen MR) is 418 cm³/mol. The number of rotatable bonds is 9. The topological polar surface area (TPSA) is 6.48 Å². The standard InChI is InChI=1S/C94H77BN2/c1-92(2,3)72-46-40-61(41-47-72)71-54-85-89-86(55-71)97(91-79(64-32-21-13-22-33-64)58-74(94(7,8)9)59-80(91)65-34-23-14-24-35-65)84-51-45-70(75-48-42-68-39-38-66-36-25-37-67-43-49-76(75)88(68)87(66)67)53-82(84)95(89)81-52-69(60-26-15-10-16-27-60)44-50-83(81)96(85)90-77(62-28-17-11-18-29-62)56-73(93(4,5)6)57-78(90)63-30-19-12-20-31-63/h10-59H,1-9H3. The summed E-state index contributed by atoms with van der Waals surface area (Å²) in [5, 5.41) is 7.68. The van der Waals surface area contributed by atoms with E-state index in [9.17, 15) is 0 Å². The lowest BCUT2D eigenvalue weighted by atomic mass is 9.33. The summed E-state index contributed by atoms with van der Waals surface area (Å²) in [5.74, 6) is 0. The molecule has 0 radical (unpaired) electrons. The first-order chi connectivity index (χ1) is 47.0. The molecule has 2 nitrogen and oxygen atoms in total. The Kier molecular flexibility index (Phi) is 14.1. The maximum absolute atomic E-state index is 2.71. The van der Waals surface area contributed by atoms with E-state index in [-0.39, 0.29) is 23.0 Å². The molecule has 97 heavy (non-hydrogen) atoms. The highest BCUT2D eigenvalue weighted by Crippen LogP contribution is 2.56. The minimum absolute atomic E-state index is 0.0362. The Hall–Kier alpha value is -11.0. The highest BCUT2D eigenvalue weighted by Gasteiger charge is 2.46. The van der Waals surface area contributed by atoms with Crippen molar-refractivity contribution in [1.29, 1.82) is 0 Å². The summed E-state index contributed by atoms with van der Waals surface area (Å²) in [4.78, 5) is 5.42. The number of nitrogens with zero attached hydrogens (tertiary/aromatic N) is 2. The minimum Gasteiger partial charge on any atom is -0.310 e. The SMILES string of the molecule is CC(C)(C)c1ccc(-c2cc3c4c(c2)N(c2c(-c5ccccc5)cc(C(C)(C)C)cc2-c2ccccc2)c2ccc(-c5ccc6ccc7cccc8ccc5c6c78)cc2B4c2cc(-c4ccccc4)ccc2N3c2c(-c3ccccc3)cc(C(C)(C)C)cc2-c2ccccc2)cc1. The molecule has 3 heteroatoms. The fourth-order valence-corrected chi connectivity index (χ4v) is 15.7. The van der Waals surface area contributed by atoms with Crippen LogP contribution in [0.3, 0.4) is 0 Å². The Morgan fingerprint density at radius 3 is 1.03 bits per heavy atom. The normalized spacial score (nSPS) is 12.9. The van der Waals surface area contributed by atoms with Gasteiger partial charge in [-0.05, 0) is 186 Å². The second kappa shape index (κ2) is 22.9. The van der Waals surface area contributed by atoms with Crippen molar-refractivity contribution in [2.45, 2.75) is 78.6 Å².